The zero-order valence-electron chi connectivity index (χ0n) is 9.30. The monoisotopic (exact) mass is 281 g/mol. The van der Waals surface area contributed by atoms with E-state index in [9.17, 15) is 9.59 Å². The quantitative estimate of drug-likeness (QED) is 0.628. The zero-order valence-corrected chi connectivity index (χ0v) is 10.9. The second kappa shape index (κ2) is 5.95. The summed E-state index contributed by atoms with van der Waals surface area (Å²) in [5.41, 5.74) is -0.544. The van der Waals surface area contributed by atoms with Crippen molar-refractivity contribution >= 4 is 28.0 Å². The fourth-order valence-electron chi connectivity index (χ4n) is 0.698. The largest absolute Gasteiger partial charge is 0.468 e. The van der Waals surface area contributed by atoms with Gasteiger partial charge in [0.1, 0.15) is 10.4 Å². The van der Waals surface area contributed by atoms with E-state index in [2.05, 4.69) is 26.0 Å². The number of alkyl halides is 1. The molecule has 0 aliphatic carbocycles. The van der Waals surface area contributed by atoms with Gasteiger partial charge in [-0.2, -0.15) is 0 Å². The van der Waals surface area contributed by atoms with Gasteiger partial charge in [-0.1, -0.05) is 15.9 Å². The molecule has 88 valence electrons. The van der Waals surface area contributed by atoms with E-state index in [1.807, 2.05) is 0 Å². The van der Waals surface area contributed by atoms with Crippen LogP contribution in [-0.2, 0) is 14.3 Å². The molecule has 0 saturated carbocycles. The molecule has 0 aromatic carbocycles. The van der Waals surface area contributed by atoms with Crippen molar-refractivity contribution in [1.82, 2.24) is 5.32 Å². The Morgan fingerprint density at radius 1 is 1.40 bits per heavy atom. The first-order valence-electron chi connectivity index (χ1n) is 4.45. The molecule has 15 heavy (non-hydrogen) atoms. The van der Waals surface area contributed by atoms with Gasteiger partial charge in [0.25, 0.3) is 0 Å². The van der Waals surface area contributed by atoms with Crippen molar-refractivity contribution in [3.8, 4) is 0 Å². The number of methoxy groups -OCH3 is 1. The lowest BCUT2D eigenvalue weighted by Gasteiger charge is -2.20. The molecule has 0 spiro atoms. The third kappa shape index (κ3) is 7.18. The molecule has 0 saturated heterocycles. The molecule has 1 N–H and O–H groups in total. The number of nitrogens with one attached hydrogen (secondary N) is 1. The Hall–Kier alpha value is -0.780. The summed E-state index contributed by atoms with van der Waals surface area (Å²) in [5.74, 6) is -0.439. The van der Waals surface area contributed by atoms with Crippen molar-refractivity contribution in [3.63, 3.8) is 0 Å². The van der Waals surface area contributed by atoms with Gasteiger partial charge in [0.15, 0.2) is 0 Å². The minimum absolute atomic E-state index is 0.127. The van der Waals surface area contributed by atoms with E-state index in [4.69, 9.17) is 4.74 Å². The van der Waals surface area contributed by atoms with Crippen LogP contribution in [0.25, 0.3) is 0 Å². The van der Waals surface area contributed by atoms with Crippen LogP contribution in [0.3, 0.4) is 0 Å². The van der Waals surface area contributed by atoms with Crippen molar-refractivity contribution in [2.75, 3.05) is 13.7 Å². The molecule has 0 fully saturated rings. The lowest BCUT2D eigenvalue weighted by molar-refractivity contribution is -0.139. The number of halogens is 1. The second-order valence-electron chi connectivity index (χ2n) is 3.87. The van der Waals surface area contributed by atoms with Crippen LogP contribution in [0.5, 0.6) is 0 Å². The number of hydrogen-bond donors (Lipinski definition) is 1. The molecular formula is C9H16BrNO4. The van der Waals surface area contributed by atoms with Gasteiger partial charge in [-0.25, -0.2) is 4.79 Å². The first kappa shape index (κ1) is 14.2. The van der Waals surface area contributed by atoms with Gasteiger partial charge in [0.05, 0.1) is 7.11 Å². The Morgan fingerprint density at radius 2 is 1.93 bits per heavy atom. The van der Waals surface area contributed by atoms with Crippen molar-refractivity contribution in [2.24, 2.45) is 0 Å². The molecule has 0 aromatic heterocycles. The van der Waals surface area contributed by atoms with Gasteiger partial charge in [-0.15, -0.1) is 0 Å². The van der Waals surface area contributed by atoms with Crippen LogP contribution in [-0.4, -0.2) is 36.1 Å². The van der Waals surface area contributed by atoms with Gasteiger partial charge >= 0.3 is 12.1 Å². The van der Waals surface area contributed by atoms with Gasteiger partial charge in [0.2, 0.25) is 0 Å². The molecule has 0 heterocycles. The number of hydrogen-bond acceptors (Lipinski definition) is 4. The van der Waals surface area contributed by atoms with Gasteiger partial charge in [-0.05, 0) is 20.8 Å². The summed E-state index contributed by atoms with van der Waals surface area (Å²) < 4.78 is 9.45. The van der Waals surface area contributed by atoms with Gasteiger partial charge in [0, 0.05) is 6.54 Å². The first-order chi connectivity index (χ1) is 6.76. The summed E-state index contributed by atoms with van der Waals surface area (Å²) in [7, 11) is 1.28. The molecule has 0 rings (SSSR count). The smallest absolute Gasteiger partial charge is 0.407 e. The Kier molecular flexibility index (Phi) is 5.64. The van der Waals surface area contributed by atoms with Crippen LogP contribution in [0.2, 0.25) is 0 Å². The molecule has 0 bridgehead atoms. The third-order valence-corrected chi connectivity index (χ3v) is 1.98. The Bertz CT molecular complexity index is 237. The summed E-state index contributed by atoms with van der Waals surface area (Å²) >= 11 is 3.07. The van der Waals surface area contributed by atoms with E-state index in [-0.39, 0.29) is 6.54 Å². The highest BCUT2D eigenvalue weighted by atomic mass is 79.9. The van der Waals surface area contributed by atoms with E-state index in [0.29, 0.717) is 0 Å². The highest BCUT2D eigenvalue weighted by Gasteiger charge is 2.19. The highest BCUT2D eigenvalue weighted by molar-refractivity contribution is 9.10. The van der Waals surface area contributed by atoms with Crippen LogP contribution in [0.1, 0.15) is 20.8 Å². The summed E-state index contributed by atoms with van der Waals surface area (Å²) in [5, 5.41) is 2.45. The molecule has 6 heteroatoms. The molecule has 0 aromatic rings. The molecule has 1 atom stereocenters. The van der Waals surface area contributed by atoms with Gasteiger partial charge < -0.3 is 14.8 Å². The Balaban J connectivity index is 3.86. The summed E-state index contributed by atoms with van der Waals surface area (Å²) in [4.78, 5) is 21.6. The summed E-state index contributed by atoms with van der Waals surface area (Å²) in [6, 6.07) is 0. The number of alkyl carbamates (subject to hydrolysis) is 1. The Morgan fingerprint density at radius 3 is 2.33 bits per heavy atom. The Labute approximate surface area is 97.6 Å². The van der Waals surface area contributed by atoms with Crippen LogP contribution >= 0.6 is 15.9 Å². The molecule has 0 unspecified atom stereocenters. The van der Waals surface area contributed by atoms with Crippen LogP contribution in [0.15, 0.2) is 0 Å². The number of esters is 1. The van der Waals surface area contributed by atoms with Crippen LogP contribution in [0.4, 0.5) is 4.79 Å². The number of rotatable bonds is 3. The van der Waals surface area contributed by atoms with Crippen LogP contribution < -0.4 is 5.32 Å². The number of carbonyl (C=O) groups excluding carboxylic acids is 2. The number of carbonyl (C=O) groups is 2. The topological polar surface area (TPSA) is 64.6 Å². The van der Waals surface area contributed by atoms with E-state index >= 15 is 0 Å². The third-order valence-electron chi connectivity index (χ3n) is 1.28. The molecule has 0 radical (unpaired) electrons. The first-order valence-corrected chi connectivity index (χ1v) is 5.36. The van der Waals surface area contributed by atoms with E-state index in [1.165, 1.54) is 7.11 Å². The standard InChI is InChI=1S/C9H16BrNO4/c1-9(2,3)15-8(13)11-5-6(10)7(12)14-4/h6H,5H2,1-4H3,(H,11,13)/t6-/m1/s1. The summed E-state index contributed by atoms with van der Waals surface area (Å²) in [6.07, 6.45) is -0.559. The fraction of sp³-hybridized carbons (Fsp3) is 0.778. The van der Waals surface area contributed by atoms with Crippen molar-refractivity contribution in [3.05, 3.63) is 0 Å². The average Bonchev–Trinajstić information content (AvgIpc) is 2.10. The molecule has 0 aliphatic heterocycles. The van der Waals surface area contributed by atoms with Gasteiger partial charge in [-0.3, -0.25) is 4.79 Å². The molecule has 0 aliphatic rings. The van der Waals surface area contributed by atoms with E-state index in [0.717, 1.165) is 0 Å². The lowest BCUT2D eigenvalue weighted by atomic mass is 10.2. The predicted octanol–water partition coefficient (Wildman–Crippen LogP) is 1.45. The van der Waals surface area contributed by atoms with Crippen molar-refractivity contribution in [2.45, 2.75) is 31.2 Å². The second-order valence-corrected chi connectivity index (χ2v) is 4.98. The molecular weight excluding hydrogens is 266 g/mol. The summed E-state index contributed by atoms with van der Waals surface area (Å²) in [6.45, 7) is 5.41. The van der Waals surface area contributed by atoms with E-state index in [1.54, 1.807) is 20.8 Å². The fourth-order valence-corrected chi connectivity index (χ4v) is 1.05. The normalized spacial score (nSPS) is 12.9. The zero-order chi connectivity index (χ0) is 12.1. The van der Waals surface area contributed by atoms with Crippen LogP contribution in [0, 0.1) is 0 Å². The maximum absolute atomic E-state index is 11.2. The maximum atomic E-state index is 11.2. The van der Waals surface area contributed by atoms with E-state index < -0.39 is 22.5 Å². The van der Waals surface area contributed by atoms with Crippen molar-refractivity contribution < 1.29 is 19.1 Å². The predicted molar refractivity (Wildman–Crippen MR) is 59.0 cm³/mol. The minimum atomic E-state index is -0.560. The molecule has 1 amide bonds. The minimum Gasteiger partial charge on any atom is -0.468 e. The number of ether oxygens (including phenoxy) is 2. The van der Waals surface area contributed by atoms with Crippen molar-refractivity contribution in [1.29, 1.82) is 0 Å². The lowest BCUT2D eigenvalue weighted by Crippen LogP contribution is -2.37. The SMILES string of the molecule is COC(=O)[C@H](Br)CNC(=O)OC(C)(C)C. The highest BCUT2D eigenvalue weighted by Crippen LogP contribution is 2.07. The maximum Gasteiger partial charge on any atom is 0.407 e. The average molecular weight is 282 g/mol. The number of amides is 1. The molecule has 5 nitrogen and oxygen atoms in total.